The number of H-pyrrole nitrogens is 1. The number of hydrogen-bond donors (Lipinski definition) is 2. The van der Waals surface area contributed by atoms with E-state index in [0.29, 0.717) is 11.4 Å². The summed E-state index contributed by atoms with van der Waals surface area (Å²) < 4.78 is 0. The number of pyridine rings is 3. The largest absolute Gasteiger partial charge is 0.384 e. The maximum absolute atomic E-state index is 11.8. The predicted octanol–water partition coefficient (Wildman–Crippen LogP) is 1.53. The summed E-state index contributed by atoms with van der Waals surface area (Å²) in [6.07, 6.45) is 3.73. The van der Waals surface area contributed by atoms with Crippen LogP contribution in [0.4, 0.5) is 11.5 Å². The van der Waals surface area contributed by atoms with Crippen LogP contribution in [0.15, 0.2) is 41.5 Å². The van der Waals surface area contributed by atoms with Crippen molar-refractivity contribution < 1.29 is 0 Å². The van der Waals surface area contributed by atoms with E-state index in [9.17, 15) is 4.79 Å². The summed E-state index contributed by atoms with van der Waals surface area (Å²) in [4.78, 5) is 28.1. The number of nitrogens with one attached hydrogen (secondary N) is 1. The van der Waals surface area contributed by atoms with Crippen LogP contribution in [0.5, 0.6) is 0 Å². The van der Waals surface area contributed by atoms with Crippen molar-refractivity contribution in [2.24, 2.45) is 0 Å². The zero-order chi connectivity index (χ0) is 18.1. The van der Waals surface area contributed by atoms with E-state index in [1.807, 2.05) is 36.7 Å². The van der Waals surface area contributed by atoms with Crippen molar-refractivity contribution in [1.29, 1.82) is 0 Å². The van der Waals surface area contributed by atoms with E-state index in [1.54, 1.807) is 6.92 Å². The molecule has 0 aliphatic carbocycles. The molecule has 0 atom stereocenters. The molecule has 3 N–H and O–H groups in total. The lowest BCUT2D eigenvalue weighted by Gasteiger charge is -2.35. The molecule has 4 heterocycles. The van der Waals surface area contributed by atoms with Gasteiger partial charge in [-0.05, 0) is 36.8 Å². The lowest BCUT2D eigenvalue weighted by atomic mass is 10.2. The van der Waals surface area contributed by atoms with E-state index >= 15 is 0 Å². The predicted molar refractivity (Wildman–Crippen MR) is 103 cm³/mol. The minimum Gasteiger partial charge on any atom is -0.384 e. The van der Waals surface area contributed by atoms with Gasteiger partial charge in [0.25, 0.3) is 5.56 Å². The third-order valence-corrected chi connectivity index (χ3v) is 4.85. The molecule has 26 heavy (non-hydrogen) atoms. The number of aryl methyl sites for hydroxylation is 1. The van der Waals surface area contributed by atoms with Crippen molar-refractivity contribution in [2.75, 3.05) is 36.8 Å². The van der Waals surface area contributed by atoms with Gasteiger partial charge in [0.2, 0.25) is 0 Å². The molecule has 3 aromatic rings. The Hall–Kier alpha value is -2.93. The second-order valence-corrected chi connectivity index (χ2v) is 6.76. The molecule has 0 saturated carbocycles. The molecule has 1 saturated heterocycles. The molecule has 1 aliphatic heterocycles. The molecular formula is C19H22N6O. The van der Waals surface area contributed by atoms with Gasteiger partial charge >= 0.3 is 0 Å². The van der Waals surface area contributed by atoms with E-state index in [2.05, 4.69) is 24.8 Å². The van der Waals surface area contributed by atoms with E-state index in [1.165, 1.54) is 0 Å². The Morgan fingerprint density at radius 3 is 2.65 bits per heavy atom. The maximum atomic E-state index is 11.8. The third-order valence-electron chi connectivity index (χ3n) is 4.85. The molecule has 1 fully saturated rings. The molecule has 0 unspecified atom stereocenters. The van der Waals surface area contributed by atoms with Crippen molar-refractivity contribution in [2.45, 2.75) is 13.5 Å². The summed E-state index contributed by atoms with van der Waals surface area (Å²) in [6.45, 7) is 6.45. The molecule has 134 valence electrons. The Bertz CT molecular complexity index is 973. The first-order valence-electron chi connectivity index (χ1n) is 8.76. The van der Waals surface area contributed by atoms with Crippen LogP contribution in [0, 0.1) is 6.92 Å². The average Bonchev–Trinajstić information content (AvgIpc) is 2.64. The number of aromatic amines is 1. The van der Waals surface area contributed by atoms with E-state index in [4.69, 9.17) is 5.73 Å². The van der Waals surface area contributed by atoms with Gasteiger partial charge in [-0.2, -0.15) is 0 Å². The van der Waals surface area contributed by atoms with Crippen LogP contribution in [-0.2, 0) is 6.54 Å². The molecule has 7 heteroatoms. The SMILES string of the molecule is Cc1cc2ncc(CN3CCN(c4ccc(N)nc4)CC3)cc2[nH]c1=O. The van der Waals surface area contributed by atoms with Gasteiger partial charge < -0.3 is 15.6 Å². The molecule has 1 aliphatic rings. The summed E-state index contributed by atoms with van der Waals surface area (Å²) in [5.41, 5.74) is 10.1. The maximum Gasteiger partial charge on any atom is 0.251 e. The van der Waals surface area contributed by atoms with Gasteiger partial charge in [-0.1, -0.05) is 0 Å². The Balaban J connectivity index is 1.42. The average molecular weight is 350 g/mol. The monoisotopic (exact) mass is 350 g/mol. The lowest BCUT2D eigenvalue weighted by molar-refractivity contribution is 0.249. The Kier molecular flexibility index (Phi) is 4.30. The molecule has 0 spiro atoms. The molecule has 0 aromatic carbocycles. The zero-order valence-corrected chi connectivity index (χ0v) is 14.8. The van der Waals surface area contributed by atoms with Crippen LogP contribution >= 0.6 is 0 Å². The molecule has 0 bridgehead atoms. The first kappa shape index (κ1) is 16.5. The fourth-order valence-electron chi connectivity index (χ4n) is 3.32. The van der Waals surface area contributed by atoms with Crippen LogP contribution in [0.3, 0.4) is 0 Å². The van der Waals surface area contributed by atoms with Crippen LogP contribution < -0.4 is 16.2 Å². The number of hydrogen-bond acceptors (Lipinski definition) is 6. The summed E-state index contributed by atoms with van der Waals surface area (Å²) in [5.74, 6) is 0.546. The number of rotatable bonds is 3. The topological polar surface area (TPSA) is 91.1 Å². The summed E-state index contributed by atoms with van der Waals surface area (Å²) >= 11 is 0. The number of anilines is 2. The fourth-order valence-corrected chi connectivity index (χ4v) is 3.32. The smallest absolute Gasteiger partial charge is 0.251 e. The van der Waals surface area contributed by atoms with Crippen molar-refractivity contribution in [3.8, 4) is 0 Å². The number of piperazine rings is 1. The molecule has 7 nitrogen and oxygen atoms in total. The number of aromatic nitrogens is 3. The molecule has 4 rings (SSSR count). The molecule has 3 aromatic heterocycles. The number of nitrogen functional groups attached to an aromatic ring is 1. The molecule has 0 amide bonds. The zero-order valence-electron chi connectivity index (χ0n) is 14.8. The van der Waals surface area contributed by atoms with Crippen LogP contribution in [0.25, 0.3) is 11.0 Å². The molecule has 0 radical (unpaired) electrons. The van der Waals surface area contributed by atoms with E-state index in [-0.39, 0.29) is 5.56 Å². The van der Waals surface area contributed by atoms with Crippen LogP contribution in [0.1, 0.15) is 11.1 Å². The Labute approximate surface area is 151 Å². The summed E-state index contributed by atoms with van der Waals surface area (Å²) in [5, 5.41) is 0. The number of nitrogens with two attached hydrogens (primary N) is 1. The van der Waals surface area contributed by atoms with Crippen LogP contribution in [0.2, 0.25) is 0 Å². The highest BCUT2D eigenvalue weighted by Gasteiger charge is 2.18. The van der Waals surface area contributed by atoms with Gasteiger partial charge in [0.05, 0.1) is 22.9 Å². The summed E-state index contributed by atoms with van der Waals surface area (Å²) in [7, 11) is 0. The highest BCUT2D eigenvalue weighted by molar-refractivity contribution is 5.74. The quantitative estimate of drug-likeness (QED) is 0.744. The van der Waals surface area contributed by atoms with Gasteiger partial charge in [-0.3, -0.25) is 14.7 Å². The van der Waals surface area contributed by atoms with Crippen molar-refractivity contribution in [3.63, 3.8) is 0 Å². The fraction of sp³-hybridized carbons (Fsp3) is 0.316. The normalized spacial score (nSPS) is 15.5. The van der Waals surface area contributed by atoms with Crippen molar-refractivity contribution >= 4 is 22.5 Å². The van der Waals surface area contributed by atoms with Gasteiger partial charge in [0, 0.05) is 44.5 Å². The van der Waals surface area contributed by atoms with Crippen molar-refractivity contribution in [3.05, 3.63) is 58.1 Å². The first-order chi connectivity index (χ1) is 12.6. The van der Waals surface area contributed by atoms with Crippen molar-refractivity contribution in [1.82, 2.24) is 19.9 Å². The number of fused-ring (bicyclic) bond motifs is 1. The second kappa shape index (κ2) is 6.76. The van der Waals surface area contributed by atoms with Crippen LogP contribution in [-0.4, -0.2) is 46.0 Å². The second-order valence-electron chi connectivity index (χ2n) is 6.76. The van der Waals surface area contributed by atoms with Gasteiger partial charge in [0.15, 0.2) is 0 Å². The van der Waals surface area contributed by atoms with Gasteiger partial charge in [-0.25, -0.2) is 4.98 Å². The molecular weight excluding hydrogens is 328 g/mol. The van der Waals surface area contributed by atoms with E-state index in [0.717, 1.165) is 55.0 Å². The van der Waals surface area contributed by atoms with E-state index < -0.39 is 0 Å². The lowest BCUT2D eigenvalue weighted by Crippen LogP contribution is -2.46. The highest BCUT2D eigenvalue weighted by Crippen LogP contribution is 2.18. The Morgan fingerprint density at radius 2 is 1.92 bits per heavy atom. The standard InChI is InChI=1S/C19H22N6O/c1-13-8-16-17(23-19(13)26)9-14(10-21-16)12-24-4-6-25(7-5-24)15-2-3-18(20)22-11-15/h2-3,8-11H,4-7,12H2,1H3,(H2,20,22)(H,23,26). The highest BCUT2D eigenvalue weighted by atomic mass is 16.1. The minimum atomic E-state index is -0.0535. The first-order valence-corrected chi connectivity index (χ1v) is 8.76. The summed E-state index contributed by atoms with van der Waals surface area (Å²) in [6, 6.07) is 7.71. The van der Waals surface area contributed by atoms with Gasteiger partial charge in [0.1, 0.15) is 5.82 Å². The van der Waals surface area contributed by atoms with Gasteiger partial charge in [-0.15, -0.1) is 0 Å². The Morgan fingerprint density at radius 1 is 1.12 bits per heavy atom. The third kappa shape index (κ3) is 3.39. The minimum absolute atomic E-state index is 0.0535. The number of nitrogens with zero attached hydrogens (tertiary/aromatic N) is 4.